The molecule has 0 spiro atoms. The highest BCUT2D eigenvalue weighted by molar-refractivity contribution is 5.76. The van der Waals surface area contributed by atoms with Gasteiger partial charge in [0.1, 0.15) is 0 Å². The zero-order chi connectivity index (χ0) is 58.5. The number of carbonyl (C=O) groups is 2. The van der Waals surface area contributed by atoms with Crippen molar-refractivity contribution in [1.82, 2.24) is 5.32 Å². The van der Waals surface area contributed by atoms with Crippen LogP contribution in [-0.2, 0) is 14.3 Å². The Bertz CT molecular complexity index is 1310. The van der Waals surface area contributed by atoms with Gasteiger partial charge in [0.15, 0.2) is 0 Å². The number of ether oxygens (including phenoxy) is 1. The van der Waals surface area contributed by atoms with E-state index in [9.17, 15) is 19.8 Å². The van der Waals surface area contributed by atoms with E-state index in [2.05, 4.69) is 55.6 Å². The van der Waals surface area contributed by atoms with E-state index in [-0.39, 0.29) is 18.5 Å². The second-order valence-corrected chi connectivity index (χ2v) is 25.3. The summed E-state index contributed by atoms with van der Waals surface area (Å²) >= 11 is 0. The van der Waals surface area contributed by atoms with E-state index in [4.69, 9.17) is 4.74 Å². The number of hydrogen-bond acceptors (Lipinski definition) is 5. The molecule has 2 atom stereocenters. The Hall–Kier alpha value is -1.92. The van der Waals surface area contributed by atoms with Crippen molar-refractivity contribution in [3.63, 3.8) is 0 Å². The summed E-state index contributed by atoms with van der Waals surface area (Å²) in [6, 6.07) is -0.539. The second kappa shape index (κ2) is 70.6. The Morgan fingerprint density at radius 1 is 0.346 bits per heavy atom. The van der Waals surface area contributed by atoms with Crippen LogP contribution in [0.4, 0.5) is 0 Å². The zero-order valence-electron chi connectivity index (χ0n) is 54.8. The number of amides is 1. The second-order valence-electron chi connectivity index (χ2n) is 25.3. The van der Waals surface area contributed by atoms with Gasteiger partial charge in [0.05, 0.1) is 25.4 Å². The Morgan fingerprint density at radius 2 is 0.617 bits per heavy atom. The first-order valence-corrected chi connectivity index (χ1v) is 36.7. The Balaban J connectivity index is 3.34. The summed E-state index contributed by atoms with van der Waals surface area (Å²) in [7, 11) is 0. The molecule has 0 aliphatic heterocycles. The molecule has 478 valence electrons. The van der Waals surface area contributed by atoms with Crippen LogP contribution in [0.1, 0.15) is 406 Å². The molecule has 0 aromatic carbocycles. The molecule has 0 saturated heterocycles. The predicted octanol–water partition coefficient (Wildman–Crippen LogP) is 23.9. The molecule has 0 aliphatic rings. The lowest BCUT2D eigenvalue weighted by atomic mass is 10.0. The summed E-state index contributed by atoms with van der Waals surface area (Å²) in [6.07, 6.45) is 90.7. The van der Waals surface area contributed by atoms with Crippen LogP contribution in [0.2, 0.25) is 0 Å². The van der Waals surface area contributed by atoms with Crippen LogP contribution in [-0.4, -0.2) is 47.4 Å². The summed E-state index contributed by atoms with van der Waals surface area (Å²) in [6.45, 7) is 4.96. The summed E-state index contributed by atoms with van der Waals surface area (Å²) in [5.74, 6) is -0.0235. The van der Waals surface area contributed by atoms with Crippen molar-refractivity contribution in [2.24, 2.45) is 0 Å². The van der Waals surface area contributed by atoms with Crippen molar-refractivity contribution in [3.05, 3.63) is 36.5 Å². The van der Waals surface area contributed by atoms with Crippen molar-refractivity contribution < 1.29 is 24.5 Å². The number of carbonyl (C=O) groups excluding carboxylic acids is 2. The standard InChI is InChI=1S/C75H143NO5/c1-3-5-7-9-11-13-15-17-19-41-45-49-53-57-61-65-69-75(80)81-70-66-62-58-54-50-46-42-38-36-34-32-30-28-26-24-22-20-21-23-25-27-29-31-33-35-37-40-44-48-52-56-60-64-68-74(79)76-72(71-77)73(78)67-63-59-55-51-47-43-39-18-16-14-12-10-8-6-4-2/h13,15,19,24,26,41,72-73,77-78H,3-12,14,16-18,20-23,25,27-40,42-71H2,1-2H3,(H,76,79)/b15-13-,26-24-,41-19-. The summed E-state index contributed by atoms with van der Waals surface area (Å²) in [5.41, 5.74) is 0. The summed E-state index contributed by atoms with van der Waals surface area (Å²) < 4.78 is 5.49. The number of nitrogens with one attached hydrogen (secondary N) is 1. The van der Waals surface area contributed by atoms with E-state index < -0.39 is 12.1 Å². The molecule has 0 bridgehead atoms. The number of rotatable bonds is 69. The van der Waals surface area contributed by atoms with Gasteiger partial charge in [-0.25, -0.2) is 0 Å². The molecule has 81 heavy (non-hydrogen) atoms. The molecule has 0 rings (SSSR count). The lowest BCUT2D eigenvalue weighted by Crippen LogP contribution is -2.45. The van der Waals surface area contributed by atoms with Crippen LogP contribution < -0.4 is 5.32 Å². The molecule has 0 heterocycles. The summed E-state index contributed by atoms with van der Waals surface area (Å²) in [4.78, 5) is 24.6. The van der Waals surface area contributed by atoms with Crippen molar-refractivity contribution in [3.8, 4) is 0 Å². The maximum atomic E-state index is 12.5. The molecule has 1 amide bonds. The minimum atomic E-state index is -0.662. The van der Waals surface area contributed by atoms with Crippen molar-refractivity contribution in [2.75, 3.05) is 13.2 Å². The molecular formula is C75H143NO5. The monoisotopic (exact) mass is 1140 g/mol. The molecule has 0 aliphatic carbocycles. The third-order valence-electron chi connectivity index (χ3n) is 17.2. The highest BCUT2D eigenvalue weighted by Crippen LogP contribution is 2.19. The Labute approximate surface area is 506 Å². The minimum absolute atomic E-state index is 0.00562. The molecule has 0 aromatic heterocycles. The van der Waals surface area contributed by atoms with Gasteiger partial charge in [-0.3, -0.25) is 9.59 Å². The summed E-state index contributed by atoms with van der Waals surface area (Å²) in [5, 5.41) is 23.3. The van der Waals surface area contributed by atoms with Crippen molar-refractivity contribution in [2.45, 2.75) is 418 Å². The molecular weight excluding hydrogens is 995 g/mol. The van der Waals surface area contributed by atoms with E-state index in [0.29, 0.717) is 25.9 Å². The largest absolute Gasteiger partial charge is 0.466 e. The topological polar surface area (TPSA) is 95.9 Å². The van der Waals surface area contributed by atoms with E-state index in [1.54, 1.807) is 0 Å². The fourth-order valence-electron chi connectivity index (χ4n) is 11.6. The van der Waals surface area contributed by atoms with Gasteiger partial charge in [-0.2, -0.15) is 0 Å². The Morgan fingerprint density at radius 3 is 0.963 bits per heavy atom. The van der Waals surface area contributed by atoms with Crippen LogP contribution in [0.15, 0.2) is 36.5 Å². The first kappa shape index (κ1) is 79.1. The number of esters is 1. The third-order valence-corrected chi connectivity index (χ3v) is 17.2. The predicted molar refractivity (Wildman–Crippen MR) is 356 cm³/mol. The third kappa shape index (κ3) is 67.1. The fourth-order valence-corrected chi connectivity index (χ4v) is 11.6. The average molecular weight is 1140 g/mol. The number of aliphatic hydroxyl groups is 2. The molecule has 0 fully saturated rings. The van der Waals surface area contributed by atoms with E-state index in [1.807, 2.05) is 0 Å². The van der Waals surface area contributed by atoms with Gasteiger partial charge >= 0.3 is 5.97 Å². The van der Waals surface area contributed by atoms with E-state index >= 15 is 0 Å². The van der Waals surface area contributed by atoms with Crippen LogP contribution in [0, 0.1) is 0 Å². The molecule has 0 aromatic rings. The number of hydrogen-bond donors (Lipinski definition) is 3. The maximum Gasteiger partial charge on any atom is 0.305 e. The van der Waals surface area contributed by atoms with Gasteiger partial charge in [-0.15, -0.1) is 0 Å². The van der Waals surface area contributed by atoms with Crippen molar-refractivity contribution >= 4 is 11.9 Å². The maximum absolute atomic E-state index is 12.5. The van der Waals surface area contributed by atoms with Gasteiger partial charge in [0.2, 0.25) is 5.91 Å². The van der Waals surface area contributed by atoms with Crippen molar-refractivity contribution in [1.29, 1.82) is 0 Å². The van der Waals surface area contributed by atoms with Gasteiger partial charge in [-0.05, 0) is 83.5 Å². The lowest BCUT2D eigenvalue weighted by Gasteiger charge is -2.22. The molecule has 0 saturated carbocycles. The minimum Gasteiger partial charge on any atom is -0.466 e. The quantitative estimate of drug-likeness (QED) is 0.0320. The van der Waals surface area contributed by atoms with Crippen LogP contribution in [0.5, 0.6) is 0 Å². The molecule has 6 heteroatoms. The Kier molecular flexibility index (Phi) is 68.9. The van der Waals surface area contributed by atoms with Crippen LogP contribution in [0.3, 0.4) is 0 Å². The first-order chi connectivity index (χ1) is 40.0. The number of allylic oxidation sites excluding steroid dienone is 6. The van der Waals surface area contributed by atoms with E-state index in [0.717, 1.165) is 51.4 Å². The molecule has 2 unspecified atom stereocenters. The first-order valence-electron chi connectivity index (χ1n) is 36.7. The molecule has 0 radical (unpaired) electrons. The fraction of sp³-hybridized carbons (Fsp3) is 0.893. The highest BCUT2D eigenvalue weighted by Gasteiger charge is 2.20. The highest BCUT2D eigenvalue weighted by atomic mass is 16.5. The van der Waals surface area contributed by atoms with E-state index in [1.165, 1.54) is 321 Å². The normalized spacial score (nSPS) is 12.7. The van der Waals surface area contributed by atoms with Gasteiger partial charge < -0.3 is 20.3 Å². The zero-order valence-corrected chi connectivity index (χ0v) is 54.8. The van der Waals surface area contributed by atoms with Gasteiger partial charge in [0.25, 0.3) is 0 Å². The van der Waals surface area contributed by atoms with Gasteiger partial charge in [0, 0.05) is 12.8 Å². The lowest BCUT2D eigenvalue weighted by molar-refractivity contribution is -0.143. The number of aliphatic hydroxyl groups excluding tert-OH is 2. The van der Waals surface area contributed by atoms with Crippen LogP contribution >= 0.6 is 0 Å². The smallest absolute Gasteiger partial charge is 0.305 e. The average Bonchev–Trinajstić information content (AvgIpc) is 3.47. The number of unbranched alkanes of at least 4 members (excludes halogenated alkanes) is 52. The molecule has 6 nitrogen and oxygen atoms in total. The van der Waals surface area contributed by atoms with Crippen LogP contribution in [0.25, 0.3) is 0 Å². The van der Waals surface area contributed by atoms with Gasteiger partial charge in [-0.1, -0.05) is 346 Å². The SMILES string of the molecule is CCCCCC/C=C\C/C=C\CCCCCCCC(=O)OCCCCCCCCCCCCCC/C=C\CCCCCCCCCCCCCCCCCCCC(=O)NC(CO)C(O)CCCCCCCCCCCCCCCCC. The molecule has 3 N–H and O–H groups in total.